The molecule has 1 aromatic heterocycles. The van der Waals surface area contributed by atoms with Crippen LogP contribution in [0.4, 0.5) is 0 Å². The topological polar surface area (TPSA) is 46.9 Å². The number of benzene rings is 1. The first-order valence-electron chi connectivity index (χ1n) is 13.1. The molecule has 0 spiro atoms. The number of unbranched alkanes of at least 4 members (excludes halogenated alkanes) is 13. The number of hydrogen-bond donors (Lipinski definition) is 1. The van der Waals surface area contributed by atoms with Crippen molar-refractivity contribution in [1.82, 2.24) is 14.9 Å². The molecule has 0 aliphatic heterocycles. The van der Waals surface area contributed by atoms with Gasteiger partial charge in [0.2, 0.25) is 5.91 Å². The molecule has 0 aliphatic carbocycles. The van der Waals surface area contributed by atoms with Crippen molar-refractivity contribution in [2.75, 3.05) is 0 Å². The molecular formula is C28H45N3O. The van der Waals surface area contributed by atoms with Gasteiger partial charge < -0.3 is 9.88 Å². The maximum absolute atomic E-state index is 11.8. The molecule has 4 nitrogen and oxygen atoms in total. The number of fused-ring (bicyclic) bond motifs is 1. The van der Waals surface area contributed by atoms with Gasteiger partial charge in [-0.3, -0.25) is 4.79 Å². The minimum atomic E-state index is -0.160. The SMILES string of the molecule is C=CC(=O)NC(C)c1nc2ccccc2n1CCCCCCCCCCCCCCCC. The van der Waals surface area contributed by atoms with E-state index in [1.807, 2.05) is 19.1 Å². The van der Waals surface area contributed by atoms with E-state index in [0.717, 1.165) is 29.8 Å². The van der Waals surface area contributed by atoms with Crippen molar-refractivity contribution in [1.29, 1.82) is 0 Å². The van der Waals surface area contributed by atoms with Gasteiger partial charge in [-0.1, -0.05) is 109 Å². The van der Waals surface area contributed by atoms with E-state index >= 15 is 0 Å². The largest absolute Gasteiger partial charge is 0.343 e. The lowest BCUT2D eigenvalue weighted by Gasteiger charge is -2.15. The molecule has 0 radical (unpaired) electrons. The summed E-state index contributed by atoms with van der Waals surface area (Å²) in [6.45, 7) is 8.77. The first kappa shape index (κ1) is 26.2. The number of hydrogen-bond acceptors (Lipinski definition) is 2. The van der Waals surface area contributed by atoms with E-state index < -0.39 is 0 Å². The molecule has 1 N–H and O–H groups in total. The third-order valence-corrected chi connectivity index (χ3v) is 6.35. The van der Waals surface area contributed by atoms with Gasteiger partial charge in [-0.15, -0.1) is 0 Å². The highest BCUT2D eigenvalue weighted by atomic mass is 16.1. The number of para-hydroxylation sites is 2. The van der Waals surface area contributed by atoms with Crippen LogP contribution in [0.3, 0.4) is 0 Å². The van der Waals surface area contributed by atoms with Crippen LogP contribution in [0.15, 0.2) is 36.9 Å². The Hall–Kier alpha value is -2.10. The van der Waals surface area contributed by atoms with Crippen LogP contribution in [0.1, 0.15) is 116 Å². The average molecular weight is 440 g/mol. The number of aromatic nitrogens is 2. The standard InChI is InChI=1S/C28H45N3O/c1-4-6-7-8-9-10-11-12-13-14-15-16-17-20-23-31-26-22-19-18-21-25(26)30-28(31)24(3)29-27(32)5-2/h5,18-19,21-22,24H,2,4,6-17,20,23H2,1,3H3,(H,29,32). The Balaban J connectivity index is 1.65. The van der Waals surface area contributed by atoms with Gasteiger partial charge in [0.15, 0.2) is 0 Å². The zero-order chi connectivity index (χ0) is 23.0. The molecule has 2 aromatic rings. The van der Waals surface area contributed by atoms with E-state index in [0.29, 0.717) is 0 Å². The van der Waals surface area contributed by atoms with Crippen molar-refractivity contribution < 1.29 is 4.79 Å². The molecule has 0 saturated carbocycles. The fourth-order valence-corrected chi connectivity index (χ4v) is 4.46. The van der Waals surface area contributed by atoms with Gasteiger partial charge in [-0.05, 0) is 31.6 Å². The number of carbonyl (C=O) groups is 1. The fraction of sp³-hybridized carbons (Fsp3) is 0.643. The molecule has 1 amide bonds. The zero-order valence-electron chi connectivity index (χ0n) is 20.6. The maximum Gasteiger partial charge on any atom is 0.243 e. The summed E-state index contributed by atoms with van der Waals surface area (Å²) in [4.78, 5) is 16.6. The first-order chi connectivity index (χ1) is 15.7. The van der Waals surface area contributed by atoms with Crippen molar-refractivity contribution in [3.63, 3.8) is 0 Å². The normalized spacial score (nSPS) is 12.2. The monoisotopic (exact) mass is 439 g/mol. The molecule has 2 rings (SSSR count). The lowest BCUT2D eigenvalue weighted by Crippen LogP contribution is -2.27. The molecule has 0 fully saturated rings. The lowest BCUT2D eigenvalue weighted by atomic mass is 10.0. The predicted molar refractivity (Wildman–Crippen MR) is 137 cm³/mol. The Morgan fingerprint density at radius 1 is 0.938 bits per heavy atom. The summed E-state index contributed by atoms with van der Waals surface area (Å²) in [6.07, 6.45) is 20.4. The minimum Gasteiger partial charge on any atom is -0.343 e. The summed E-state index contributed by atoms with van der Waals surface area (Å²) in [5.41, 5.74) is 2.14. The second kappa shape index (κ2) is 15.7. The van der Waals surface area contributed by atoms with E-state index in [9.17, 15) is 4.79 Å². The highest BCUT2D eigenvalue weighted by molar-refractivity contribution is 5.87. The Morgan fingerprint density at radius 3 is 2.03 bits per heavy atom. The van der Waals surface area contributed by atoms with Gasteiger partial charge in [0.05, 0.1) is 17.1 Å². The number of imidazole rings is 1. The van der Waals surface area contributed by atoms with Gasteiger partial charge in [-0.25, -0.2) is 4.98 Å². The fourth-order valence-electron chi connectivity index (χ4n) is 4.46. The van der Waals surface area contributed by atoms with Crippen LogP contribution in [0, 0.1) is 0 Å². The van der Waals surface area contributed by atoms with Gasteiger partial charge in [-0.2, -0.15) is 0 Å². The summed E-state index contributed by atoms with van der Waals surface area (Å²) >= 11 is 0. The van der Waals surface area contributed by atoms with Gasteiger partial charge >= 0.3 is 0 Å². The summed E-state index contributed by atoms with van der Waals surface area (Å²) in [5.74, 6) is 0.767. The van der Waals surface area contributed by atoms with E-state index in [-0.39, 0.29) is 11.9 Å². The van der Waals surface area contributed by atoms with E-state index in [1.165, 1.54) is 89.5 Å². The maximum atomic E-state index is 11.8. The highest BCUT2D eigenvalue weighted by Gasteiger charge is 2.17. The second-order valence-corrected chi connectivity index (χ2v) is 9.14. The van der Waals surface area contributed by atoms with Crippen molar-refractivity contribution in [2.24, 2.45) is 0 Å². The Labute approximate surface area is 195 Å². The van der Waals surface area contributed by atoms with Crippen molar-refractivity contribution in [3.8, 4) is 0 Å². The molecule has 0 aliphatic rings. The van der Waals surface area contributed by atoms with Gasteiger partial charge in [0, 0.05) is 6.54 Å². The van der Waals surface area contributed by atoms with Crippen LogP contribution in [-0.4, -0.2) is 15.5 Å². The van der Waals surface area contributed by atoms with Crippen LogP contribution < -0.4 is 5.32 Å². The third-order valence-electron chi connectivity index (χ3n) is 6.35. The van der Waals surface area contributed by atoms with E-state index in [4.69, 9.17) is 4.98 Å². The second-order valence-electron chi connectivity index (χ2n) is 9.14. The van der Waals surface area contributed by atoms with Crippen LogP contribution >= 0.6 is 0 Å². The van der Waals surface area contributed by atoms with Crippen LogP contribution in [0.2, 0.25) is 0 Å². The van der Waals surface area contributed by atoms with E-state index in [1.54, 1.807) is 0 Å². The summed E-state index contributed by atoms with van der Waals surface area (Å²) in [5, 5.41) is 2.96. The smallest absolute Gasteiger partial charge is 0.243 e. The molecule has 1 aromatic carbocycles. The number of nitrogens with one attached hydrogen (secondary N) is 1. The Kier molecular flexibility index (Phi) is 12.8. The van der Waals surface area contributed by atoms with Crippen LogP contribution in [0.5, 0.6) is 0 Å². The Bertz CT molecular complexity index is 795. The Morgan fingerprint density at radius 2 is 1.47 bits per heavy atom. The molecule has 1 heterocycles. The van der Waals surface area contributed by atoms with Crippen molar-refractivity contribution in [3.05, 3.63) is 42.7 Å². The number of rotatable bonds is 18. The van der Waals surface area contributed by atoms with Crippen molar-refractivity contribution in [2.45, 2.75) is 116 Å². The minimum absolute atomic E-state index is 0.139. The molecular weight excluding hydrogens is 394 g/mol. The summed E-state index contributed by atoms with van der Waals surface area (Å²) in [7, 11) is 0. The molecule has 0 saturated heterocycles. The zero-order valence-corrected chi connectivity index (χ0v) is 20.6. The number of nitrogens with zero attached hydrogens (tertiary/aromatic N) is 2. The lowest BCUT2D eigenvalue weighted by molar-refractivity contribution is -0.117. The molecule has 178 valence electrons. The molecule has 1 unspecified atom stereocenters. The number of amides is 1. The van der Waals surface area contributed by atoms with Crippen LogP contribution in [0.25, 0.3) is 11.0 Å². The third kappa shape index (κ3) is 9.18. The van der Waals surface area contributed by atoms with E-state index in [2.05, 4.69) is 35.5 Å². The molecule has 4 heteroatoms. The molecule has 1 atom stereocenters. The summed E-state index contributed by atoms with van der Waals surface area (Å²) in [6, 6.07) is 8.10. The quantitative estimate of drug-likeness (QED) is 0.190. The predicted octanol–water partition coefficient (Wildman–Crippen LogP) is 7.88. The van der Waals surface area contributed by atoms with Gasteiger partial charge in [0.25, 0.3) is 0 Å². The number of carbonyl (C=O) groups excluding carboxylic acids is 1. The highest BCUT2D eigenvalue weighted by Crippen LogP contribution is 2.22. The number of aryl methyl sites for hydroxylation is 1. The molecule has 0 bridgehead atoms. The molecule has 32 heavy (non-hydrogen) atoms. The van der Waals surface area contributed by atoms with Crippen LogP contribution in [-0.2, 0) is 11.3 Å². The average Bonchev–Trinajstić information content (AvgIpc) is 3.18. The van der Waals surface area contributed by atoms with Gasteiger partial charge in [0.1, 0.15) is 5.82 Å². The summed E-state index contributed by atoms with van der Waals surface area (Å²) < 4.78 is 2.28. The first-order valence-corrected chi connectivity index (χ1v) is 13.1. The van der Waals surface area contributed by atoms with Crippen molar-refractivity contribution >= 4 is 16.9 Å².